The lowest BCUT2D eigenvalue weighted by molar-refractivity contribution is 0.504. The summed E-state index contributed by atoms with van der Waals surface area (Å²) in [4.78, 5) is 11.5. The second kappa shape index (κ2) is 6.74. The van der Waals surface area contributed by atoms with Crippen LogP contribution in [0.2, 0.25) is 0 Å². The Morgan fingerprint density at radius 3 is 2.52 bits per heavy atom. The summed E-state index contributed by atoms with van der Waals surface area (Å²) in [5.41, 5.74) is 0.782. The Kier molecular flexibility index (Phi) is 4.98. The predicted octanol–water partition coefficient (Wildman–Crippen LogP) is 3.05. The largest absolute Gasteiger partial charge is 0.357 e. The van der Waals surface area contributed by atoms with Gasteiger partial charge in [0.25, 0.3) is 0 Å². The van der Waals surface area contributed by atoms with Gasteiger partial charge < -0.3 is 10.2 Å². The molecule has 0 atom stereocenters. The molecular formula is C15H26N6. The van der Waals surface area contributed by atoms with Gasteiger partial charge in [0.2, 0.25) is 5.95 Å². The lowest BCUT2D eigenvalue weighted by atomic mass is 10.1. The van der Waals surface area contributed by atoms with Crippen molar-refractivity contribution in [3.05, 3.63) is 6.20 Å². The Hall–Kier alpha value is -1.85. The molecule has 0 unspecified atom stereocenters. The number of nitrogens with zero attached hydrogens (tertiary/aromatic N) is 4. The van der Waals surface area contributed by atoms with E-state index in [0.717, 1.165) is 36.2 Å². The zero-order valence-corrected chi connectivity index (χ0v) is 13.6. The molecule has 0 saturated heterocycles. The Morgan fingerprint density at radius 1 is 1.24 bits per heavy atom. The van der Waals surface area contributed by atoms with Crippen molar-refractivity contribution in [2.45, 2.75) is 46.6 Å². The summed E-state index contributed by atoms with van der Waals surface area (Å²) in [5, 5.41) is 11.1. The third-order valence-electron chi connectivity index (χ3n) is 3.73. The molecule has 0 fully saturated rings. The van der Waals surface area contributed by atoms with Crippen LogP contribution in [0.5, 0.6) is 0 Å². The number of hydrogen-bond acceptors (Lipinski definition) is 5. The molecule has 0 saturated carbocycles. The van der Waals surface area contributed by atoms with E-state index in [2.05, 4.69) is 53.1 Å². The Bertz CT molecular complexity index is 573. The van der Waals surface area contributed by atoms with E-state index in [0.29, 0.717) is 17.9 Å². The molecule has 2 rings (SSSR count). The molecule has 2 N–H and O–H groups in total. The molecule has 2 aromatic rings. The molecule has 6 nitrogen and oxygen atoms in total. The highest BCUT2D eigenvalue weighted by atomic mass is 15.3. The summed E-state index contributed by atoms with van der Waals surface area (Å²) in [5.74, 6) is 2.17. The second-order valence-corrected chi connectivity index (χ2v) is 5.77. The molecule has 6 heteroatoms. The summed E-state index contributed by atoms with van der Waals surface area (Å²) in [6.07, 6.45) is 4.02. The van der Waals surface area contributed by atoms with Gasteiger partial charge in [-0.2, -0.15) is 15.1 Å². The van der Waals surface area contributed by atoms with Crippen molar-refractivity contribution in [1.82, 2.24) is 20.2 Å². The first-order chi connectivity index (χ1) is 10.1. The van der Waals surface area contributed by atoms with Gasteiger partial charge in [0.15, 0.2) is 5.65 Å². The number of aromatic nitrogens is 4. The number of rotatable bonds is 7. The van der Waals surface area contributed by atoms with E-state index in [1.54, 1.807) is 0 Å². The number of aromatic amines is 1. The van der Waals surface area contributed by atoms with Crippen molar-refractivity contribution >= 4 is 22.8 Å². The fraction of sp³-hybridized carbons (Fsp3) is 0.667. The normalized spacial score (nSPS) is 11.6. The quantitative estimate of drug-likeness (QED) is 0.820. The number of nitrogens with one attached hydrogen (secondary N) is 2. The fourth-order valence-corrected chi connectivity index (χ4v) is 2.68. The third kappa shape index (κ3) is 3.25. The summed E-state index contributed by atoms with van der Waals surface area (Å²) < 4.78 is 0. The van der Waals surface area contributed by atoms with Crippen LogP contribution in [-0.2, 0) is 0 Å². The fourth-order valence-electron chi connectivity index (χ4n) is 2.68. The molecule has 0 aromatic carbocycles. The maximum atomic E-state index is 4.71. The Labute approximate surface area is 126 Å². The monoisotopic (exact) mass is 290 g/mol. The van der Waals surface area contributed by atoms with Gasteiger partial charge in [0.05, 0.1) is 11.6 Å². The minimum Gasteiger partial charge on any atom is -0.357 e. The van der Waals surface area contributed by atoms with Crippen molar-refractivity contribution in [3.63, 3.8) is 0 Å². The van der Waals surface area contributed by atoms with E-state index >= 15 is 0 Å². The first-order valence-corrected chi connectivity index (χ1v) is 7.76. The number of H-pyrrole nitrogens is 1. The highest BCUT2D eigenvalue weighted by Crippen LogP contribution is 2.28. The maximum Gasteiger partial charge on any atom is 0.226 e. The van der Waals surface area contributed by atoms with E-state index in [1.165, 1.54) is 0 Å². The summed E-state index contributed by atoms with van der Waals surface area (Å²) in [6.45, 7) is 9.92. The van der Waals surface area contributed by atoms with Crippen LogP contribution in [0.15, 0.2) is 6.20 Å². The molecule has 21 heavy (non-hydrogen) atoms. The standard InChI is InChI=1S/C15H26N6/c1-6-11(7-2)21(9-10(3)4)14-12-8-17-20-13(12)18-15(16-5)19-14/h8,10-11H,6-7,9H2,1-5H3,(H2,16,17,18,19,20). The molecule has 0 spiro atoms. The average Bonchev–Trinajstić information content (AvgIpc) is 2.94. The molecule has 2 heterocycles. The number of hydrogen-bond donors (Lipinski definition) is 2. The summed E-state index contributed by atoms with van der Waals surface area (Å²) in [7, 11) is 1.84. The molecule has 0 aliphatic rings. The van der Waals surface area contributed by atoms with Crippen molar-refractivity contribution in [2.75, 3.05) is 23.8 Å². The van der Waals surface area contributed by atoms with Gasteiger partial charge in [-0.3, -0.25) is 5.10 Å². The predicted molar refractivity (Wildman–Crippen MR) is 87.8 cm³/mol. The molecule has 0 radical (unpaired) electrons. The highest BCUT2D eigenvalue weighted by Gasteiger charge is 2.22. The van der Waals surface area contributed by atoms with Crippen molar-refractivity contribution in [2.24, 2.45) is 5.92 Å². The van der Waals surface area contributed by atoms with E-state index in [4.69, 9.17) is 4.98 Å². The minimum atomic E-state index is 0.477. The summed E-state index contributed by atoms with van der Waals surface area (Å²) in [6, 6.07) is 0.477. The van der Waals surface area contributed by atoms with Crippen LogP contribution < -0.4 is 10.2 Å². The van der Waals surface area contributed by atoms with E-state index in [-0.39, 0.29) is 0 Å². The molecule has 0 bridgehead atoms. The third-order valence-corrected chi connectivity index (χ3v) is 3.73. The van der Waals surface area contributed by atoms with Gasteiger partial charge in [-0.1, -0.05) is 27.7 Å². The van der Waals surface area contributed by atoms with Gasteiger partial charge in [-0.15, -0.1) is 0 Å². The highest BCUT2D eigenvalue weighted by molar-refractivity contribution is 5.87. The van der Waals surface area contributed by atoms with Crippen molar-refractivity contribution in [1.29, 1.82) is 0 Å². The second-order valence-electron chi connectivity index (χ2n) is 5.77. The Balaban J connectivity index is 2.54. The SMILES string of the molecule is CCC(CC)N(CC(C)C)c1nc(NC)nc2[nH]ncc12. The smallest absolute Gasteiger partial charge is 0.226 e. The first-order valence-electron chi connectivity index (χ1n) is 7.76. The lowest BCUT2D eigenvalue weighted by Crippen LogP contribution is -2.38. The zero-order chi connectivity index (χ0) is 15.4. The van der Waals surface area contributed by atoms with Gasteiger partial charge in [0.1, 0.15) is 5.82 Å². The molecule has 0 amide bonds. The average molecular weight is 290 g/mol. The van der Waals surface area contributed by atoms with Crippen LogP contribution in [0.3, 0.4) is 0 Å². The van der Waals surface area contributed by atoms with Gasteiger partial charge >= 0.3 is 0 Å². The Morgan fingerprint density at radius 2 is 1.95 bits per heavy atom. The minimum absolute atomic E-state index is 0.477. The topological polar surface area (TPSA) is 69.7 Å². The van der Waals surface area contributed by atoms with Crippen molar-refractivity contribution < 1.29 is 0 Å². The van der Waals surface area contributed by atoms with Gasteiger partial charge in [-0.25, -0.2) is 0 Å². The lowest BCUT2D eigenvalue weighted by Gasteiger charge is -2.33. The van der Waals surface area contributed by atoms with Crippen LogP contribution in [0, 0.1) is 5.92 Å². The van der Waals surface area contributed by atoms with Crippen LogP contribution in [0.25, 0.3) is 11.0 Å². The summed E-state index contributed by atoms with van der Waals surface area (Å²) >= 11 is 0. The maximum absolute atomic E-state index is 4.71. The van der Waals surface area contributed by atoms with E-state index < -0.39 is 0 Å². The van der Waals surface area contributed by atoms with Crippen LogP contribution in [-0.4, -0.2) is 39.8 Å². The molecule has 116 valence electrons. The van der Waals surface area contributed by atoms with Crippen LogP contribution in [0.4, 0.5) is 11.8 Å². The van der Waals surface area contributed by atoms with Crippen LogP contribution >= 0.6 is 0 Å². The van der Waals surface area contributed by atoms with Crippen molar-refractivity contribution in [3.8, 4) is 0 Å². The molecular weight excluding hydrogens is 264 g/mol. The molecule has 2 aromatic heterocycles. The first kappa shape index (κ1) is 15.5. The number of anilines is 2. The van der Waals surface area contributed by atoms with Gasteiger partial charge in [0, 0.05) is 19.6 Å². The molecule has 0 aliphatic carbocycles. The van der Waals surface area contributed by atoms with E-state index in [1.807, 2.05) is 13.2 Å². The zero-order valence-electron chi connectivity index (χ0n) is 13.6. The van der Waals surface area contributed by atoms with E-state index in [9.17, 15) is 0 Å². The van der Waals surface area contributed by atoms with Crippen LogP contribution in [0.1, 0.15) is 40.5 Å². The molecule has 0 aliphatic heterocycles. The number of fused-ring (bicyclic) bond motifs is 1. The van der Waals surface area contributed by atoms with Gasteiger partial charge in [-0.05, 0) is 18.8 Å².